The number of nitrogens with zero attached hydrogens (tertiary/aromatic N) is 3. The van der Waals surface area contributed by atoms with Gasteiger partial charge < -0.3 is 20.2 Å². The lowest BCUT2D eigenvalue weighted by atomic mass is 10.0. The molecule has 0 amide bonds. The van der Waals surface area contributed by atoms with Gasteiger partial charge in [0.05, 0.1) is 50.4 Å². The zero-order valence-corrected chi connectivity index (χ0v) is 65.0. The van der Waals surface area contributed by atoms with Gasteiger partial charge in [-0.15, -0.1) is 0 Å². The van der Waals surface area contributed by atoms with Crippen molar-refractivity contribution in [2.45, 2.75) is 40.0 Å². The average molecular weight is 1800 g/mol. The number of nitrogens with one attached hydrogen (secondary N) is 5. The number of nitro groups is 1. The Morgan fingerprint density at radius 1 is 0.495 bits per heavy atom. The number of H-pyrrole nitrogens is 2. The first kappa shape index (κ1) is 84.0. The number of halogens is 9. The largest absolute Gasteiger partial charge is 0.478 e. The molecule has 10 rings (SSSR count). The van der Waals surface area contributed by atoms with Crippen molar-refractivity contribution in [3.63, 3.8) is 0 Å². The standard InChI is InChI=1S/C23H19BrClN3O3S.C13H9ClN2.C10H11BrClNO3S.C10H12BrNO4S.C7H4BrNO4.C2Cl2O2/c1-2-7-32(30,31)28-19-9-15(8-17(24)11-19)22(29)21-13-27-23-20(21)10-16(12-26-23)14-3-5-18(25)6-4-14;14-12-3-1-9(2-4-12)11-7-10-5-6-15-13(10)16-8-11;1-2-3-17(15,16)13-9-5-7(10(12)14)4-8(11)6-9;1-2-3-17(15,16)12-9-5-7(10(13)14)4-8(11)6-9;8-5-1-4(7(10)11)2-6(3-5)9(12)13;3-1(5)2(4)6/h3-6,8-13,28H,2,7H2,1H3,(H,26,27);1-8H,(H,15,16);4-6,13H,2-3H2,1H3;4-6,12H,2-3H2,1H3,(H,13,14);1-3H,(H,10,11);. The second-order valence-electron chi connectivity index (χ2n) is 20.6. The van der Waals surface area contributed by atoms with Crippen LogP contribution in [0, 0.1) is 10.1 Å². The predicted octanol–water partition coefficient (Wildman–Crippen LogP) is 17.8. The minimum Gasteiger partial charge on any atom is -0.478 e. The van der Waals surface area contributed by atoms with Gasteiger partial charge in [0, 0.05) is 103 Å². The molecule has 0 atom stereocenters. The number of rotatable bonds is 21. The van der Waals surface area contributed by atoms with E-state index in [1.165, 1.54) is 48.5 Å². The van der Waals surface area contributed by atoms with Crippen LogP contribution in [0.1, 0.15) is 87.0 Å². The van der Waals surface area contributed by atoms with Crippen LogP contribution in [-0.4, -0.2) is 111 Å². The number of hydrogen-bond donors (Lipinski definition) is 7. The third-order valence-electron chi connectivity index (χ3n) is 12.7. The molecule has 10 aromatic rings. The molecular weight excluding hydrogens is 1740 g/mol. The fraction of sp³-hybridized carbons (Fsp3) is 0.138. The predicted molar refractivity (Wildman–Crippen MR) is 409 cm³/mol. The molecule has 4 heterocycles. The van der Waals surface area contributed by atoms with Crippen molar-refractivity contribution < 1.29 is 69.2 Å². The summed E-state index contributed by atoms with van der Waals surface area (Å²) < 4.78 is 79.8. The number of carboxylic acids is 2. The minimum atomic E-state index is -3.48. The molecule has 4 aromatic heterocycles. The van der Waals surface area contributed by atoms with Crippen LogP contribution in [0.2, 0.25) is 10.0 Å². The number of non-ortho nitro benzene ring substituents is 1. The van der Waals surface area contributed by atoms with Crippen molar-refractivity contribution in [2.75, 3.05) is 31.4 Å². The molecule has 532 valence electrons. The molecule has 0 spiro atoms. The van der Waals surface area contributed by atoms with Crippen LogP contribution in [0.25, 0.3) is 44.3 Å². The van der Waals surface area contributed by atoms with Gasteiger partial charge in [-0.1, -0.05) is 132 Å². The van der Waals surface area contributed by atoms with Crippen molar-refractivity contribution in [2.24, 2.45) is 0 Å². The summed E-state index contributed by atoms with van der Waals surface area (Å²) in [4.78, 5) is 89.1. The molecule has 0 saturated carbocycles. The van der Waals surface area contributed by atoms with Crippen LogP contribution in [0.5, 0.6) is 0 Å². The lowest BCUT2D eigenvalue weighted by Crippen LogP contribution is -2.16. The number of fused-ring (bicyclic) bond motifs is 2. The molecule has 0 aliphatic heterocycles. The number of aromatic nitrogens is 4. The number of pyridine rings is 2. The third-order valence-corrected chi connectivity index (χ3v) is 20.2. The molecule has 0 bridgehead atoms. The molecule has 6 aromatic carbocycles. The van der Waals surface area contributed by atoms with Crippen LogP contribution in [0.4, 0.5) is 22.7 Å². The highest BCUT2D eigenvalue weighted by atomic mass is 79.9. The van der Waals surface area contributed by atoms with E-state index in [0.29, 0.717) is 75.7 Å². The Morgan fingerprint density at radius 3 is 1.30 bits per heavy atom. The Morgan fingerprint density at radius 2 is 0.881 bits per heavy atom. The highest BCUT2D eigenvalue weighted by Crippen LogP contribution is 2.31. The number of benzene rings is 6. The topological polar surface area (TPSA) is 382 Å². The van der Waals surface area contributed by atoms with Crippen molar-refractivity contribution in [3.8, 4) is 22.3 Å². The van der Waals surface area contributed by atoms with Crippen LogP contribution in [0.15, 0.2) is 182 Å². The summed E-state index contributed by atoms with van der Waals surface area (Å²) in [5.74, 6) is -2.51. The fourth-order valence-corrected chi connectivity index (χ4v) is 14.2. The second kappa shape index (κ2) is 39.1. The quantitative estimate of drug-likeness (QED) is 0.0115. The van der Waals surface area contributed by atoms with Crippen LogP contribution in [0.3, 0.4) is 0 Å². The summed E-state index contributed by atoms with van der Waals surface area (Å²) >= 11 is 38.8. The number of nitro benzene ring substituents is 1. The maximum atomic E-state index is 13.3. The number of carbonyl (C=O) groups excluding carboxylic acids is 4. The number of carbonyl (C=O) groups is 6. The Hall–Kier alpha value is -7.66. The average Bonchev–Trinajstić information content (AvgIpc) is 1.68. The van der Waals surface area contributed by atoms with Gasteiger partial charge in [-0.25, -0.2) is 44.8 Å². The van der Waals surface area contributed by atoms with E-state index in [2.05, 4.69) is 127 Å². The molecule has 0 fully saturated rings. The molecule has 0 aliphatic rings. The summed E-state index contributed by atoms with van der Waals surface area (Å²) in [6.07, 6.45) is 8.61. The van der Waals surface area contributed by atoms with E-state index >= 15 is 0 Å². The Labute approximate surface area is 637 Å². The van der Waals surface area contributed by atoms with Gasteiger partial charge in [0.25, 0.3) is 10.9 Å². The molecule has 36 heteroatoms. The molecule has 24 nitrogen and oxygen atoms in total. The van der Waals surface area contributed by atoms with Gasteiger partial charge in [0.1, 0.15) is 11.3 Å². The normalized spacial score (nSPS) is 10.9. The SMILES string of the molecule is CCCS(=O)(=O)Nc1cc(Br)cc(C(=O)Cl)c1.CCCS(=O)(=O)Nc1cc(Br)cc(C(=O)O)c1.CCCS(=O)(=O)Nc1cc(Br)cc(C(=O)c2c[nH]c3ncc(-c4ccc(Cl)cc4)cc23)c1.Clc1ccc(-c2cnc3[nH]ccc3c2)cc1.O=C(Cl)C(=O)Cl.O=C(O)c1cc(Br)cc([N+](=O)[O-])c1. The number of hydrogen-bond acceptors (Lipinski definition) is 16. The number of anilines is 3. The Bertz CT molecular complexity index is 4920. The van der Waals surface area contributed by atoms with Gasteiger partial charge in [-0.05, 0) is 168 Å². The Kier molecular flexibility index (Phi) is 32.5. The number of ketones is 1. The zero-order valence-electron chi connectivity index (χ0n) is 52.4. The monoisotopic (exact) mass is 1790 g/mol. The summed E-state index contributed by atoms with van der Waals surface area (Å²) in [5.41, 5.74) is 7.10. The van der Waals surface area contributed by atoms with E-state index in [1.54, 1.807) is 63.5 Å². The molecule has 101 heavy (non-hydrogen) atoms. The van der Waals surface area contributed by atoms with E-state index in [4.69, 9.17) is 45.0 Å². The van der Waals surface area contributed by atoms with Gasteiger partial charge in [0.15, 0.2) is 5.78 Å². The maximum absolute atomic E-state index is 13.3. The van der Waals surface area contributed by atoms with E-state index in [9.17, 15) is 64.1 Å². The third kappa shape index (κ3) is 27.9. The number of carboxylic acid groups (broad SMARTS) is 2. The number of aromatic amines is 2. The summed E-state index contributed by atoms with van der Waals surface area (Å²) in [6, 6.07) is 38.2. The number of sulfonamides is 3. The van der Waals surface area contributed by atoms with Gasteiger partial charge >= 0.3 is 22.4 Å². The van der Waals surface area contributed by atoms with E-state index < -0.39 is 62.7 Å². The van der Waals surface area contributed by atoms with E-state index in [1.807, 2.05) is 60.9 Å². The summed E-state index contributed by atoms with van der Waals surface area (Å²) in [6.45, 7) is 5.31. The van der Waals surface area contributed by atoms with Gasteiger partial charge in [0.2, 0.25) is 30.1 Å². The first-order valence-electron chi connectivity index (χ1n) is 28.8. The smallest absolute Gasteiger partial charge is 0.335 e. The van der Waals surface area contributed by atoms with Crippen LogP contribution >= 0.6 is 122 Å². The fourth-order valence-electron chi connectivity index (χ4n) is 8.50. The van der Waals surface area contributed by atoms with Crippen molar-refractivity contribution in [1.82, 2.24) is 19.9 Å². The molecule has 7 N–H and O–H groups in total. The molecule has 0 aliphatic carbocycles. The molecular formula is C65H55Br4Cl5N8O16S3. The first-order chi connectivity index (χ1) is 47.4. The Balaban J connectivity index is 0.000000232. The zero-order chi connectivity index (χ0) is 75.1. The highest BCUT2D eigenvalue weighted by molar-refractivity contribution is 9.11. The van der Waals surface area contributed by atoms with Crippen molar-refractivity contribution in [1.29, 1.82) is 0 Å². The highest BCUT2D eigenvalue weighted by Gasteiger charge is 2.20. The summed E-state index contributed by atoms with van der Waals surface area (Å²) in [7, 11) is -10.3. The van der Waals surface area contributed by atoms with Crippen LogP contribution < -0.4 is 14.2 Å². The summed E-state index contributed by atoms with van der Waals surface area (Å²) in [5, 5.41) is 28.0. The molecule has 0 radical (unpaired) electrons. The lowest BCUT2D eigenvalue weighted by Gasteiger charge is -2.10. The van der Waals surface area contributed by atoms with Crippen LogP contribution in [-0.2, 0) is 39.7 Å². The van der Waals surface area contributed by atoms with E-state index in [0.717, 1.165) is 44.4 Å². The minimum absolute atomic E-state index is 0.00190. The van der Waals surface area contributed by atoms with E-state index in [-0.39, 0.29) is 51.1 Å². The molecule has 0 saturated heterocycles. The van der Waals surface area contributed by atoms with Gasteiger partial charge in [-0.2, -0.15) is 0 Å². The second-order valence-corrected chi connectivity index (χ2v) is 31.7. The van der Waals surface area contributed by atoms with Gasteiger partial charge in [-0.3, -0.25) is 43.5 Å². The maximum Gasteiger partial charge on any atom is 0.335 e. The molecule has 0 unspecified atom stereocenters. The van der Waals surface area contributed by atoms with Crippen molar-refractivity contribution >= 4 is 230 Å². The number of aromatic carboxylic acids is 2. The van der Waals surface area contributed by atoms with Crippen molar-refractivity contribution in [3.05, 3.63) is 230 Å². The lowest BCUT2D eigenvalue weighted by molar-refractivity contribution is -0.385. The first-order valence-corrected chi connectivity index (χ1v) is 38.8.